The van der Waals surface area contributed by atoms with Gasteiger partial charge in [0.05, 0.1) is 10.6 Å². The van der Waals surface area contributed by atoms with Crippen molar-refractivity contribution in [3.63, 3.8) is 0 Å². The quantitative estimate of drug-likeness (QED) is 0.388. The summed E-state index contributed by atoms with van der Waals surface area (Å²) in [5.74, 6) is 0.428. The lowest BCUT2D eigenvalue weighted by atomic mass is 10.2. The summed E-state index contributed by atoms with van der Waals surface area (Å²) in [6.07, 6.45) is 0.950. The third kappa shape index (κ3) is 5.69. The van der Waals surface area contributed by atoms with Crippen LogP contribution in [-0.2, 0) is 4.79 Å². The summed E-state index contributed by atoms with van der Waals surface area (Å²) >= 11 is 13.5. The second kappa shape index (κ2) is 9.21. The van der Waals surface area contributed by atoms with Crippen molar-refractivity contribution in [3.05, 3.63) is 58.3 Å². The molecule has 0 fully saturated rings. The van der Waals surface area contributed by atoms with Gasteiger partial charge in [-0.1, -0.05) is 28.3 Å². The number of nitrogens with zero attached hydrogens (tertiary/aromatic N) is 2. The van der Waals surface area contributed by atoms with Gasteiger partial charge in [-0.15, -0.1) is 16.9 Å². The van der Waals surface area contributed by atoms with Crippen molar-refractivity contribution in [1.29, 1.82) is 0 Å². The molecule has 2 aromatic carbocycles. The Bertz CT molecular complexity index is 935. The Balaban J connectivity index is 1.47. The lowest BCUT2D eigenvalue weighted by molar-refractivity contribution is -0.116. The zero-order valence-corrected chi connectivity index (χ0v) is 16.2. The number of aromatic nitrogens is 2. The summed E-state index contributed by atoms with van der Waals surface area (Å²) < 4.78 is 18.3. The number of nitrogens with one attached hydrogen (secondary N) is 1. The molecule has 27 heavy (non-hydrogen) atoms. The molecule has 0 saturated heterocycles. The highest BCUT2D eigenvalue weighted by Gasteiger charge is 2.14. The third-order valence-corrected chi connectivity index (χ3v) is 5.11. The molecule has 0 aliphatic rings. The number of amides is 1. The van der Waals surface area contributed by atoms with Crippen molar-refractivity contribution in [2.24, 2.45) is 0 Å². The van der Waals surface area contributed by atoms with Crippen LogP contribution in [-0.4, -0.2) is 21.9 Å². The maximum Gasteiger partial charge on any atom is 0.322 e. The first-order valence-corrected chi connectivity index (χ1v) is 9.72. The molecule has 9 heteroatoms. The van der Waals surface area contributed by atoms with E-state index in [-0.39, 0.29) is 23.6 Å². The molecule has 0 spiro atoms. The fraction of sp³-hybridized carbons (Fsp3) is 0.167. The first kappa shape index (κ1) is 19.7. The summed E-state index contributed by atoms with van der Waals surface area (Å²) in [6, 6.07) is 11.1. The first-order chi connectivity index (χ1) is 13.0. The third-order valence-electron chi connectivity index (χ3n) is 3.46. The minimum atomic E-state index is -0.266. The van der Waals surface area contributed by atoms with Crippen LogP contribution < -0.4 is 5.32 Å². The lowest BCUT2D eigenvalue weighted by Crippen LogP contribution is -2.11. The number of anilines is 1. The number of hydrogen-bond acceptors (Lipinski definition) is 5. The molecule has 0 unspecified atom stereocenters. The molecule has 3 rings (SSSR count). The molecular formula is C18H14Cl2FN3O2S. The fourth-order valence-electron chi connectivity index (χ4n) is 2.18. The normalized spacial score (nSPS) is 10.8. The fourth-order valence-corrected chi connectivity index (χ4v) is 3.52. The standard InChI is InChI=1S/C18H14Cl2FN3O2S/c19-11-3-8-14(15(20)10-11)17-23-24-18(26-17)22-16(25)2-1-9-27-13-6-4-12(21)5-7-13/h3-8,10H,1-2,9H2,(H,22,24,25). The van der Waals surface area contributed by atoms with Crippen LogP contribution in [0.3, 0.4) is 0 Å². The predicted octanol–water partition coefficient (Wildman–Crippen LogP) is 5.69. The molecule has 1 heterocycles. The predicted molar refractivity (Wildman–Crippen MR) is 105 cm³/mol. The zero-order chi connectivity index (χ0) is 19.2. The number of hydrogen-bond donors (Lipinski definition) is 1. The van der Waals surface area contributed by atoms with Gasteiger partial charge >= 0.3 is 6.01 Å². The Kier molecular flexibility index (Phi) is 6.71. The van der Waals surface area contributed by atoms with E-state index in [1.165, 1.54) is 12.1 Å². The monoisotopic (exact) mass is 425 g/mol. The number of rotatable bonds is 7. The van der Waals surface area contributed by atoms with Crippen LogP contribution >= 0.6 is 35.0 Å². The summed E-state index contributed by atoms with van der Waals surface area (Å²) in [4.78, 5) is 12.9. The van der Waals surface area contributed by atoms with Crippen LogP contribution in [0, 0.1) is 5.82 Å². The van der Waals surface area contributed by atoms with Gasteiger partial charge in [0.25, 0.3) is 5.89 Å². The maximum atomic E-state index is 12.8. The molecule has 0 saturated carbocycles. The van der Waals surface area contributed by atoms with Crippen LogP contribution in [0.1, 0.15) is 12.8 Å². The van der Waals surface area contributed by atoms with E-state index < -0.39 is 0 Å². The van der Waals surface area contributed by atoms with Crippen molar-refractivity contribution in [2.45, 2.75) is 17.7 Å². The smallest absolute Gasteiger partial charge is 0.322 e. The number of thioether (sulfide) groups is 1. The number of halogens is 3. The van der Waals surface area contributed by atoms with Crippen LogP contribution in [0.2, 0.25) is 10.0 Å². The maximum absolute atomic E-state index is 12.8. The van der Waals surface area contributed by atoms with Gasteiger partial charge in [-0.25, -0.2) is 4.39 Å². The topological polar surface area (TPSA) is 68.0 Å². The van der Waals surface area contributed by atoms with Gasteiger partial charge in [-0.2, -0.15) is 0 Å². The molecule has 1 aromatic heterocycles. The molecule has 3 aromatic rings. The van der Waals surface area contributed by atoms with E-state index in [0.717, 1.165) is 10.6 Å². The number of carbonyl (C=O) groups excluding carboxylic acids is 1. The van der Waals surface area contributed by atoms with Crippen LogP contribution in [0.15, 0.2) is 51.8 Å². The van der Waals surface area contributed by atoms with E-state index >= 15 is 0 Å². The molecular weight excluding hydrogens is 412 g/mol. The van der Waals surface area contributed by atoms with E-state index in [2.05, 4.69) is 15.5 Å². The van der Waals surface area contributed by atoms with Crippen LogP contribution in [0.25, 0.3) is 11.5 Å². The van der Waals surface area contributed by atoms with Gasteiger partial charge in [0.15, 0.2) is 0 Å². The van der Waals surface area contributed by atoms with E-state index in [4.69, 9.17) is 27.6 Å². The van der Waals surface area contributed by atoms with E-state index in [1.807, 2.05) is 0 Å². The van der Waals surface area contributed by atoms with Crippen LogP contribution in [0.4, 0.5) is 10.4 Å². The minimum absolute atomic E-state index is 0.00667. The summed E-state index contributed by atoms with van der Waals surface area (Å²) in [6.45, 7) is 0. The van der Waals surface area contributed by atoms with Gasteiger partial charge in [0, 0.05) is 16.3 Å². The lowest BCUT2D eigenvalue weighted by Gasteiger charge is -2.02. The molecule has 140 valence electrons. The molecule has 0 bridgehead atoms. The Morgan fingerprint density at radius 2 is 1.93 bits per heavy atom. The van der Waals surface area contributed by atoms with E-state index in [1.54, 1.807) is 42.1 Å². The molecule has 0 aliphatic heterocycles. The average molecular weight is 426 g/mol. The number of carbonyl (C=O) groups is 1. The zero-order valence-electron chi connectivity index (χ0n) is 13.9. The second-order valence-electron chi connectivity index (χ2n) is 5.49. The summed E-state index contributed by atoms with van der Waals surface area (Å²) in [7, 11) is 0. The average Bonchev–Trinajstić information content (AvgIpc) is 3.08. The van der Waals surface area contributed by atoms with Crippen molar-refractivity contribution >= 4 is 46.9 Å². The van der Waals surface area contributed by atoms with Crippen molar-refractivity contribution in [3.8, 4) is 11.5 Å². The van der Waals surface area contributed by atoms with Gasteiger partial charge in [0.1, 0.15) is 5.82 Å². The summed E-state index contributed by atoms with van der Waals surface area (Å²) in [5, 5.41) is 11.1. The first-order valence-electron chi connectivity index (χ1n) is 7.98. The van der Waals surface area contributed by atoms with Crippen molar-refractivity contribution in [2.75, 3.05) is 11.1 Å². The van der Waals surface area contributed by atoms with E-state index in [0.29, 0.717) is 28.5 Å². The van der Waals surface area contributed by atoms with Gasteiger partial charge in [-0.05, 0) is 54.6 Å². The number of benzene rings is 2. The van der Waals surface area contributed by atoms with Gasteiger partial charge < -0.3 is 4.42 Å². The molecule has 1 N–H and O–H groups in total. The minimum Gasteiger partial charge on any atom is -0.403 e. The summed E-state index contributed by atoms with van der Waals surface area (Å²) in [5.41, 5.74) is 0.532. The largest absolute Gasteiger partial charge is 0.403 e. The van der Waals surface area contributed by atoms with Crippen LogP contribution in [0.5, 0.6) is 0 Å². The molecule has 5 nitrogen and oxygen atoms in total. The van der Waals surface area contributed by atoms with Crippen molar-refractivity contribution in [1.82, 2.24) is 10.2 Å². The van der Waals surface area contributed by atoms with E-state index in [9.17, 15) is 9.18 Å². The molecule has 0 atom stereocenters. The Labute approximate surface area is 169 Å². The van der Waals surface area contributed by atoms with Gasteiger partial charge in [-0.3, -0.25) is 10.1 Å². The van der Waals surface area contributed by atoms with Crippen molar-refractivity contribution < 1.29 is 13.6 Å². The highest BCUT2D eigenvalue weighted by Crippen LogP contribution is 2.30. The second-order valence-corrected chi connectivity index (χ2v) is 7.50. The highest BCUT2D eigenvalue weighted by molar-refractivity contribution is 7.99. The molecule has 0 aliphatic carbocycles. The molecule has 1 amide bonds. The SMILES string of the molecule is O=C(CCCSc1ccc(F)cc1)Nc1nnc(-c2ccc(Cl)cc2Cl)o1. The Hall–Kier alpha value is -2.09. The Morgan fingerprint density at radius 3 is 2.67 bits per heavy atom. The highest BCUT2D eigenvalue weighted by atomic mass is 35.5. The Morgan fingerprint density at radius 1 is 1.15 bits per heavy atom. The van der Waals surface area contributed by atoms with Gasteiger partial charge in [0.2, 0.25) is 5.91 Å². The molecule has 0 radical (unpaired) electrons.